The normalized spacial score (nSPS) is 13.2. The fourth-order valence-corrected chi connectivity index (χ4v) is 3.70. The van der Waals surface area contributed by atoms with Crippen LogP contribution in [0.3, 0.4) is 0 Å². The van der Waals surface area contributed by atoms with Crippen LogP contribution in [-0.4, -0.2) is 9.59 Å². The van der Waals surface area contributed by atoms with Gasteiger partial charge in [0, 0.05) is 4.88 Å². The summed E-state index contributed by atoms with van der Waals surface area (Å²) in [4.78, 5) is 2.36. The van der Waals surface area contributed by atoms with Gasteiger partial charge in [-0.1, -0.05) is 18.3 Å². The Bertz CT molecular complexity index is 489. The van der Waals surface area contributed by atoms with Crippen LogP contribution in [0.2, 0.25) is 0 Å². The molecule has 4 nitrogen and oxygen atoms in total. The monoisotopic (exact) mass is 268 g/mol. The number of hydrogen-bond donors (Lipinski definition) is 2. The Kier molecular flexibility index (Phi) is 3.88. The third-order valence-corrected chi connectivity index (χ3v) is 4.57. The van der Waals surface area contributed by atoms with Crippen molar-refractivity contribution in [3.05, 3.63) is 32.5 Å². The molecule has 0 aromatic carbocycles. The van der Waals surface area contributed by atoms with E-state index in [9.17, 15) is 0 Å². The molecule has 0 aliphatic rings. The lowest BCUT2D eigenvalue weighted by Crippen LogP contribution is -2.28. The Hall–Kier alpha value is -0.820. The molecule has 0 saturated carbocycles. The highest BCUT2D eigenvalue weighted by molar-refractivity contribution is 7.10. The molecule has 2 aromatic heterocycles. The zero-order chi connectivity index (χ0) is 12.4. The van der Waals surface area contributed by atoms with Gasteiger partial charge >= 0.3 is 0 Å². The average Bonchev–Trinajstić information content (AvgIpc) is 2.90. The van der Waals surface area contributed by atoms with Crippen LogP contribution in [0.1, 0.15) is 46.8 Å². The lowest BCUT2D eigenvalue weighted by molar-refractivity contribution is 0.638. The fourth-order valence-electron chi connectivity index (χ4n) is 1.76. The fraction of sp³-hybridized carbons (Fsp3) is 0.455. The summed E-state index contributed by atoms with van der Waals surface area (Å²) in [5.41, 5.74) is 5.17. The van der Waals surface area contributed by atoms with Gasteiger partial charge in [0.15, 0.2) is 0 Å². The summed E-state index contributed by atoms with van der Waals surface area (Å²) in [6.07, 6.45) is 0. The molecule has 0 fully saturated rings. The highest BCUT2D eigenvalue weighted by Gasteiger charge is 2.23. The summed E-state index contributed by atoms with van der Waals surface area (Å²) in [5, 5.41) is 6.28. The van der Waals surface area contributed by atoms with Gasteiger partial charge in [0.05, 0.1) is 16.6 Å². The molecule has 0 amide bonds. The molecule has 0 aliphatic heterocycles. The van der Waals surface area contributed by atoms with Crippen molar-refractivity contribution in [3.8, 4) is 0 Å². The van der Waals surface area contributed by atoms with Gasteiger partial charge in [0.25, 0.3) is 0 Å². The van der Waals surface area contributed by atoms with Gasteiger partial charge in [0.1, 0.15) is 0 Å². The highest BCUT2D eigenvalue weighted by atomic mass is 32.1. The molecule has 0 spiro atoms. The molecule has 17 heavy (non-hydrogen) atoms. The Balaban J connectivity index is 2.43. The van der Waals surface area contributed by atoms with Crippen molar-refractivity contribution in [2.45, 2.75) is 32.7 Å². The molecule has 0 bridgehead atoms. The second kappa shape index (κ2) is 5.22. The number of nitrogens with zero attached hydrogens (tertiary/aromatic N) is 2. The number of rotatable bonds is 4. The van der Waals surface area contributed by atoms with E-state index in [0.29, 0.717) is 5.92 Å². The van der Waals surface area contributed by atoms with Crippen LogP contribution in [0.5, 0.6) is 0 Å². The van der Waals surface area contributed by atoms with Crippen LogP contribution >= 0.6 is 22.9 Å². The van der Waals surface area contributed by atoms with Crippen LogP contribution in [-0.2, 0) is 0 Å². The smallest absolute Gasteiger partial charge is 0.0932 e. The second-order valence-corrected chi connectivity index (χ2v) is 5.98. The zero-order valence-corrected chi connectivity index (χ0v) is 11.7. The van der Waals surface area contributed by atoms with E-state index in [1.807, 2.05) is 0 Å². The van der Waals surface area contributed by atoms with Crippen molar-refractivity contribution < 1.29 is 0 Å². The molecule has 0 saturated heterocycles. The molecule has 1 unspecified atom stereocenters. The first kappa shape index (κ1) is 12.6. The van der Waals surface area contributed by atoms with Gasteiger partial charge in [-0.05, 0) is 41.4 Å². The number of thiophene rings is 1. The van der Waals surface area contributed by atoms with Gasteiger partial charge in [-0.15, -0.1) is 16.4 Å². The summed E-state index contributed by atoms with van der Waals surface area (Å²) < 4.78 is 4.05. The van der Waals surface area contributed by atoms with E-state index < -0.39 is 0 Å². The maximum atomic E-state index is 5.70. The van der Waals surface area contributed by atoms with Crippen molar-refractivity contribution in [2.75, 3.05) is 0 Å². The van der Waals surface area contributed by atoms with Crippen LogP contribution < -0.4 is 11.3 Å². The Morgan fingerprint density at radius 3 is 2.65 bits per heavy atom. The lowest BCUT2D eigenvalue weighted by Gasteiger charge is -2.15. The summed E-state index contributed by atoms with van der Waals surface area (Å²) in [6, 6.07) is 2.11. The summed E-state index contributed by atoms with van der Waals surface area (Å²) in [6.45, 7) is 6.34. The quantitative estimate of drug-likeness (QED) is 0.661. The molecule has 1 atom stereocenters. The molecular formula is C11H16N4S2. The molecule has 0 aliphatic carbocycles. The van der Waals surface area contributed by atoms with Gasteiger partial charge in [-0.25, -0.2) is 5.43 Å². The van der Waals surface area contributed by atoms with Crippen molar-refractivity contribution in [3.63, 3.8) is 0 Å². The maximum Gasteiger partial charge on any atom is 0.0932 e. The zero-order valence-electron chi connectivity index (χ0n) is 10.1. The number of aromatic nitrogens is 2. The molecule has 2 heterocycles. The molecule has 92 valence electrons. The first-order valence-electron chi connectivity index (χ1n) is 5.47. The third-order valence-electron chi connectivity index (χ3n) is 2.68. The van der Waals surface area contributed by atoms with E-state index in [1.165, 1.54) is 22.0 Å². The Labute approximate surface area is 109 Å². The topological polar surface area (TPSA) is 63.8 Å². The first-order chi connectivity index (χ1) is 8.15. The van der Waals surface area contributed by atoms with E-state index in [-0.39, 0.29) is 6.04 Å². The average molecular weight is 268 g/mol. The van der Waals surface area contributed by atoms with E-state index in [2.05, 4.69) is 47.2 Å². The number of hydrazine groups is 1. The molecule has 2 rings (SSSR count). The summed E-state index contributed by atoms with van der Waals surface area (Å²) in [7, 11) is 0. The predicted molar refractivity (Wildman–Crippen MR) is 72.2 cm³/mol. The lowest BCUT2D eigenvalue weighted by atomic mass is 10.0. The van der Waals surface area contributed by atoms with Crippen molar-refractivity contribution in [1.29, 1.82) is 0 Å². The number of hydrogen-bond acceptors (Lipinski definition) is 6. The van der Waals surface area contributed by atoms with Crippen molar-refractivity contribution in [1.82, 2.24) is 15.0 Å². The van der Waals surface area contributed by atoms with Crippen LogP contribution in [0.4, 0.5) is 0 Å². The van der Waals surface area contributed by atoms with Gasteiger partial charge in [-0.2, -0.15) is 0 Å². The summed E-state index contributed by atoms with van der Waals surface area (Å²) in [5.74, 6) is 6.06. The minimum absolute atomic E-state index is 0.00685. The minimum atomic E-state index is 0.00685. The van der Waals surface area contributed by atoms with Gasteiger partial charge in [-0.3, -0.25) is 5.84 Å². The van der Waals surface area contributed by atoms with Gasteiger partial charge in [0.2, 0.25) is 0 Å². The van der Waals surface area contributed by atoms with Crippen LogP contribution in [0.15, 0.2) is 11.4 Å². The number of nitrogens with two attached hydrogens (primary N) is 1. The highest BCUT2D eigenvalue weighted by Crippen LogP contribution is 2.34. The molecule has 2 aromatic rings. The first-order valence-corrected chi connectivity index (χ1v) is 7.12. The van der Waals surface area contributed by atoms with E-state index in [0.717, 1.165) is 10.6 Å². The SMILES string of the molecule is Cc1ccsc1C(NN)c1snnc1C(C)C. The van der Waals surface area contributed by atoms with E-state index in [4.69, 9.17) is 5.84 Å². The van der Waals surface area contributed by atoms with Crippen LogP contribution in [0, 0.1) is 6.92 Å². The molecule has 0 radical (unpaired) electrons. The van der Waals surface area contributed by atoms with Crippen molar-refractivity contribution in [2.24, 2.45) is 5.84 Å². The van der Waals surface area contributed by atoms with Gasteiger partial charge < -0.3 is 0 Å². The Morgan fingerprint density at radius 2 is 2.12 bits per heavy atom. The maximum absolute atomic E-state index is 5.70. The largest absolute Gasteiger partial charge is 0.271 e. The minimum Gasteiger partial charge on any atom is -0.271 e. The molecular weight excluding hydrogens is 252 g/mol. The molecule has 3 N–H and O–H groups in total. The second-order valence-electron chi connectivity index (χ2n) is 4.24. The van der Waals surface area contributed by atoms with E-state index >= 15 is 0 Å². The predicted octanol–water partition coefficient (Wildman–Crippen LogP) is 2.58. The van der Waals surface area contributed by atoms with E-state index in [1.54, 1.807) is 11.3 Å². The van der Waals surface area contributed by atoms with Crippen LogP contribution in [0.25, 0.3) is 0 Å². The molecule has 6 heteroatoms. The summed E-state index contributed by atoms with van der Waals surface area (Å²) >= 11 is 3.13. The standard InChI is InChI=1S/C11H16N4S2/c1-6(2)8-11(17-15-14-8)9(13-12)10-7(3)4-5-16-10/h4-6,9,13H,12H2,1-3H3. The number of aryl methyl sites for hydroxylation is 1. The van der Waals surface area contributed by atoms with Crippen molar-refractivity contribution >= 4 is 22.9 Å². The third kappa shape index (κ3) is 2.40. The number of nitrogens with one attached hydrogen (secondary N) is 1. The Morgan fingerprint density at radius 1 is 1.35 bits per heavy atom.